The van der Waals surface area contributed by atoms with Gasteiger partial charge in [0.25, 0.3) is 0 Å². The molecule has 7 nitrogen and oxygen atoms in total. The van der Waals surface area contributed by atoms with Crippen molar-refractivity contribution in [2.24, 2.45) is 10.9 Å². The standard InChI is InChI=1S/C20H33N3O4/c1-16(27-19-7-5-18(24-3)6-8-19)13-23-20(21-2)22-10-4-11-25-14-17-9-12-26-15-17/h5-8,16-17H,4,9-15H2,1-3H3,(H2,21,22,23). The van der Waals surface area contributed by atoms with Crippen molar-refractivity contribution in [1.82, 2.24) is 10.6 Å². The fourth-order valence-electron chi connectivity index (χ4n) is 2.74. The summed E-state index contributed by atoms with van der Waals surface area (Å²) in [6.07, 6.45) is 2.06. The second kappa shape index (κ2) is 12.4. The minimum atomic E-state index is 0.00825. The molecule has 0 aliphatic carbocycles. The predicted octanol–water partition coefficient (Wildman–Crippen LogP) is 2.07. The number of aliphatic imine (C=N–C) groups is 1. The zero-order chi connectivity index (χ0) is 19.3. The second-order valence-corrected chi connectivity index (χ2v) is 6.64. The van der Waals surface area contributed by atoms with Crippen molar-refractivity contribution >= 4 is 5.96 Å². The first-order chi connectivity index (χ1) is 13.2. The number of nitrogens with zero attached hydrogens (tertiary/aromatic N) is 1. The molecule has 1 heterocycles. The SMILES string of the molecule is CN=C(NCCCOCC1CCOC1)NCC(C)Oc1ccc(OC)cc1. The van der Waals surface area contributed by atoms with Crippen LogP contribution >= 0.6 is 0 Å². The zero-order valence-corrected chi connectivity index (χ0v) is 16.7. The van der Waals surface area contributed by atoms with Gasteiger partial charge in [0.15, 0.2) is 5.96 Å². The molecule has 2 unspecified atom stereocenters. The van der Waals surface area contributed by atoms with E-state index < -0.39 is 0 Å². The Morgan fingerprint density at radius 2 is 2.04 bits per heavy atom. The first-order valence-electron chi connectivity index (χ1n) is 9.62. The molecule has 0 saturated carbocycles. The molecule has 2 atom stereocenters. The number of methoxy groups -OCH3 is 1. The molecule has 7 heteroatoms. The molecule has 0 amide bonds. The monoisotopic (exact) mass is 379 g/mol. The summed E-state index contributed by atoms with van der Waals surface area (Å²) in [5.41, 5.74) is 0. The summed E-state index contributed by atoms with van der Waals surface area (Å²) in [4.78, 5) is 4.24. The van der Waals surface area contributed by atoms with Gasteiger partial charge in [-0.05, 0) is 44.0 Å². The summed E-state index contributed by atoms with van der Waals surface area (Å²) in [6.45, 7) is 6.75. The molecule has 1 aromatic carbocycles. The first-order valence-corrected chi connectivity index (χ1v) is 9.62. The molecule has 1 aliphatic rings. The summed E-state index contributed by atoms with van der Waals surface area (Å²) in [5.74, 6) is 2.97. The van der Waals surface area contributed by atoms with Crippen LogP contribution in [0, 0.1) is 5.92 Å². The molecule has 1 fully saturated rings. The van der Waals surface area contributed by atoms with E-state index in [1.54, 1.807) is 14.2 Å². The second-order valence-electron chi connectivity index (χ2n) is 6.64. The topological polar surface area (TPSA) is 73.3 Å². The predicted molar refractivity (Wildman–Crippen MR) is 107 cm³/mol. The minimum absolute atomic E-state index is 0.00825. The molecule has 0 aromatic heterocycles. The maximum absolute atomic E-state index is 5.88. The van der Waals surface area contributed by atoms with E-state index in [1.807, 2.05) is 31.2 Å². The molecule has 1 saturated heterocycles. The van der Waals surface area contributed by atoms with Crippen molar-refractivity contribution in [2.75, 3.05) is 53.7 Å². The Labute approximate surface area is 162 Å². The molecule has 27 heavy (non-hydrogen) atoms. The first kappa shape index (κ1) is 21.3. The highest BCUT2D eigenvalue weighted by atomic mass is 16.5. The van der Waals surface area contributed by atoms with Gasteiger partial charge in [-0.3, -0.25) is 4.99 Å². The third-order valence-corrected chi connectivity index (χ3v) is 4.31. The molecule has 152 valence electrons. The van der Waals surface area contributed by atoms with Gasteiger partial charge >= 0.3 is 0 Å². The quantitative estimate of drug-likeness (QED) is 0.348. The summed E-state index contributed by atoms with van der Waals surface area (Å²) < 4.78 is 22.1. The molecule has 2 rings (SSSR count). The van der Waals surface area contributed by atoms with Crippen molar-refractivity contribution in [2.45, 2.75) is 25.9 Å². The summed E-state index contributed by atoms with van der Waals surface area (Å²) in [5, 5.41) is 6.57. The number of benzene rings is 1. The van der Waals surface area contributed by atoms with Gasteiger partial charge in [0.1, 0.15) is 17.6 Å². The fraction of sp³-hybridized carbons (Fsp3) is 0.650. The molecule has 0 spiro atoms. The minimum Gasteiger partial charge on any atom is -0.497 e. The smallest absolute Gasteiger partial charge is 0.191 e. The van der Waals surface area contributed by atoms with Gasteiger partial charge in [-0.25, -0.2) is 0 Å². The lowest BCUT2D eigenvalue weighted by Gasteiger charge is -2.18. The highest BCUT2D eigenvalue weighted by Crippen LogP contribution is 2.18. The van der Waals surface area contributed by atoms with Crippen LogP contribution in [0.1, 0.15) is 19.8 Å². The number of hydrogen-bond acceptors (Lipinski definition) is 5. The van der Waals surface area contributed by atoms with Crippen LogP contribution in [0.25, 0.3) is 0 Å². The molecular formula is C20H33N3O4. The third kappa shape index (κ3) is 8.49. The average molecular weight is 380 g/mol. The molecule has 1 aliphatic heterocycles. The molecular weight excluding hydrogens is 346 g/mol. The Morgan fingerprint density at radius 3 is 2.70 bits per heavy atom. The van der Waals surface area contributed by atoms with Crippen LogP contribution in [0.15, 0.2) is 29.3 Å². The number of rotatable bonds is 11. The third-order valence-electron chi connectivity index (χ3n) is 4.31. The highest BCUT2D eigenvalue weighted by molar-refractivity contribution is 5.79. The zero-order valence-electron chi connectivity index (χ0n) is 16.7. The van der Waals surface area contributed by atoms with Crippen molar-refractivity contribution < 1.29 is 18.9 Å². The van der Waals surface area contributed by atoms with E-state index in [-0.39, 0.29) is 6.10 Å². The number of hydrogen-bond donors (Lipinski definition) is 2. The van der Waals surface area contributed by atoms with Crippen molar-refractivity contribution in [1.29, 1.82) is 0 Å². The van der Waals surface area contributed by atoms with E-state index in [0.29, 0.717) is 12.5 Å². The summed E-state index contributed by atoms with van der Waals surface area (Å²) in [7, 11) is 3.42. The van der Waals surface area contributed by atoms with Crippen LogP contribution < -0.4 is 20.1 Å². The lowest BCUT2D eigenvalue weighted by atomic mass is 10.1. The fourth-order valence-corrected chi connectivity index (χ4v) is 2.74. The summed E-state index contributed by atoms with van der Waals surface area (Å²) in [6, 6.07) is 7.58. The van der Waals surface area contributed by atoms with E-state index in [9.17, 15) is 0 Å². The van der Waals surface area contributed by atoms with Crippen LogP contribution in [-0.2, 0) is 9.47 Å². The number of nitrogens with one attached hydrogen (secondary N) is 2. The van der Waals surface area contributed by atoms with Crippen molar-refractivity contribution in [3.63, 3.8) is 0 Å². The maximum atomic E-state index is 5.88. The maximum Gasteiger partial charge on any atom is 0.191 e. The van der Waals surface area contributed by atoms with Gasteiger partial charge in [0.2, 0.25) is 0 Å². The van der Waals surface area contributed by atoms with E-state index in [2.05, 4.69) is 15.6 Å². The largest absolute Gasteiger partial charge is 0.497 e. The van der Waals surface area contributed by atoms with Crippen LogP contribution in [0.5, 0.6) is 11.5 Å². The van der Waals surface area contributed by atoms with E-state index in [4.69, 9.17) is 18.9 Å². The van der Waals surface area contributed by atoms with Crippen molar-refractivity contribution in [3.8, 4) is 11.5 Å². The Kier molecular flexibility index (Phi) is 9.79. The van der Waals surface area contributed by atoms with Gasteiger partial charge in [-0.2, -0.15) is 0 Å². The van der Waals surface area contributed by atoms with Gasteiger partial charge in [-0.1, -0.05) is 0 Å². The Hall–Kier alpha value is -1.99. The number of guanidine groups is 1. The van der Waals surface area contributed by atoms with Gasteiger partial charge in [-0.15, -0.1) is 0 Å². The molecule has 1 aromatic rings. The van der Waals surface area contributed by atoms with E-state index in [0.717, 1.165) is 63.3 Å². The summed E-state index contributed by atoms with van der Waals surface area (Å²) >= 11 is 0. The van der Waals surface area contributed by atoms with Crippen LogP contribution in [-0.4, -0.2) is 65.7 Å². The molecule has 0 bridgehead atoms. The van der Waals surface area contributed by atoms with Crippen molar-refractivity contribution in [3.05, 3.63) is 24.3 Å². The average Bonchev–Trinajstić information content (AvgIpc) is 3.21. The Bertz CT molecular complexity index is 545. The van der Waals surface area contributed by atoms with Gasteiger partial charge in [0.05, 0.1) is 26.9 Å². The lowest BCUT2D eigenvalue weighted by Crippen LogP contribution is -2.42. The normalized spacial score (nSPS) is 18.2. The Morgan fingerprint density at radius 1 is 1.26 bits per heavy atom. The van der Waals surface area contributed by atoms with Crippen LogP contribution in [0.2, 0.25) is 0 Å². The molecule has 0 radical (unpaired) electrons. The van der Waals surface area contributed by atoms with Gasteiger partial charge in [0, 0.05) is 32.7 Å². The number of ether oxygens (including phenoxy) is 4. The van der Waals surface area contributed by atoms with Gasteiger partial charge < -0.3 is 29.6 Å². The van der Waals surface area contributed by atoms with Crippen LogP contribution in [0.3, 0.4) is 0 Å². The van der Waals surface area contributed by atoms with Crippen LogP contribution in [0.4, 0.5) is 0 Å². The Balaban J connectivity index is 1.54. The van der Waals surface area contributed by atoms with E-state index >= 15 is 0 Å². The lowest BCUT2D eigenvalue weighted by molar-refractivity contribution is 0.0888. The van der Waals surface area contributed by atoms with E-state index in [1.165, 1.54) is 0 Å². The highest BCUT2D eigenvalue weighted by Gasteiger charge is 2.15. The molecule has 2 N–H and O–H groups in total.